The van der Waals surface area contributed by atoms with Crippen LogP contribution in [-0.2, 0) is 6.42 Å². The number of rotatable bonds is 0. The molecule has 3 nitrogen and oxygen atoms in total. The molecule has 0 aliphatic heterocycles. The van der Waals surface area contributed by atoms with Gasteiger partial charge in [-0.1, -0.05) is 13.8 Å². The molecule has 1 heterocycles. The van der Waals surface area contributed by atoms with E-state index in [4.69, 9.17) is 4.42 Å². The molecule has 1 aromatic heterocycles. The fraction of sp³-hybridized carbons (Fsp3) is 0.733. The van der Waals surface area contributed by atoms with Crippen LogP contribution in [0.1, 0.15) is 49.7 Å². The van der Waals surface area contributed by atoms with Gasteiger partial charge in [0.15, 0.2) is 0 Å². The van der Waals surface area contributed by atoms with Crippen LogP contribution in [0.2, 0.25) is 0 Å². The van der Waals surface area contributed by atoms with Crippen molar-refractivity contribution in [3.63, 3.8) is 0 Å². The fourth-order valence-corrected chi connectivity index (χ4v) is 4.08. The zero-order valence-corrected chi connectivity index (χ0v) is 11.3. The van der Waals surface area contributed by atoms with Gasteiger partial charge in [0.05, 0.1) is 18.5 Å². The summed E-state index contributed by atoms with van der Waals surface area (Å²) in [4.78, 5) is 0. The van der Waals surface area contributed by atoms with Gasteiger partial charge >= 0.3 is 0 Å². The molecule has 1 saturated carbocycles. The first-order valence-corrected chi connectivity index (χ1v) is 6.89. The predicted molar refractivity (Wildman–Crippen MR) is 68.1 cm³/mol. The van der Waals surface area contributed by atoms with E-state index in [0.717, 1.165) is 36.1 Å². The van der Waals surface area contributed by atoms with Crippen LogP contribution in [0.3, 0.4) is 0 Å². The van der Waals surface area contributed by atoms with Crippen LogP contribution >= 0.6 is 0 Å². The number of fused-ring (bicyclic) bond motifs is 2. The fourth-order valence-electron chi connectivity index (χ4n) is 4.08. The first kappa shape index (κ1) is 12.2. The van der Waals surface area contributed by atoms with E-state index in [2.05, 4.69) is 13.8 Å². The maximum atomic E-state index is 10.8. The second-order valence-electron chi connectivity index (χ2n) is 6.36. The van der Waals surface area contributed by atoms with Crippen molar-refractivity contribution in [2.24, 2.45) is 17.3 Å². The Hall–Kier alpha value is -0.800. The smallest absolute Gasteiger partial charge is 0.110 e. The van der Waals surface area contributed by atoms with E-state index in [1.807, 2.05) is 6.92 Å². The lowest BCUT2D eigenvalue weighted by Gasteiger charge is -2.53. The molecule has 0 saturated heterocycles. The van der Waals surface area contributed by atoms with Crippen LogP contribution in [0.5, 0.6) is 0 Å². The van der Waals surface area contributed by atoms with E-state index in [1.54, 1.807) is 6.26 Å². The summed E-state index contributed by atoms with van der Waals surface area (Å²) in [6, 6.07) is 0. The van der Waals surface area contributed by atoms with Crippen LogP contribution in [0.25, 0.3) is 0 Å². The van der Waals surface area contributed by atoms with E-state index in [-0.39, 0.29) is 17.4 Å². The predicted octanol–water partition coefficient (Wildman–Crippen LogP) is 2.59. The first-order valence-electron chi connectivity index (χ1n) is 6.89. The molecule has 2 aliphatic carbocycles. The van der Waals surface area contributed by atoms with Crippen molar-refractivity contribution in [2.45, 2.75) is 52.2 Å². The third-order valence-electron chi connectivity index (χ3n) is 5.65. The molecule has 18 heavy (non-hydrogen) atoms. The van der Waals surface area contributed by atoms with Gasteiger partial charge in [0.1, 0.15) is 5.76 Å². The highest BCUT2D eigenvalue weighted by molar-refractivity contribution is 5.34. The SMILES string of the molecule is Cc1coc2c1[C@@H](O)[C@@]1(C)C(CC[C@H](O)[C@@H]1C)C2. The molecule has 3 heteroatoms. The summed E-state index contributed by atoms with van der Waals surface area (Å²) in [6.45, 7) is 6.18. The lowest BCUT2D eigenvalue weighted by Crippen LogP contribution is -2.51. The molecule has 1 unspecified atom stereocenters. The molecule has 0 bridgehead atoms. The largest absolute Gasteiger partial charge is 0.469 e. The van der Waals surface area contributed by atoms with E-state index in [0.29, 0.717) is 5.92 Å². The highest BCUT2D eigenvalue weighted by Crippen LogP contribution is 2.57. The number of aryl methyl sites for hydroxylation is 1. The van der Waals surface area contributed by atoms with Gasteiger partial charge in [-0.2, -0.15) is 0 Å². The maximum Gasteiger partial charge on any atom is 0.110 e. The van der Waals surface area contributed by atoms with Gasteiger partial charge < -0.3 is 14.6 Å². The third kappa shape index (κ3) is 1.38. The molecule has 2 N–H and O–H groups in total. The summed E-state index contributed by atoms with van der Waals surface area (Å²) >= 11 is 0. The van der Waals surface area contributed by atoms with Crippen molar-refractivity contribution in [1.29, 1.82) is 0 Å². The van der Waals surface area contributed by atoms with E-state index in [1.165, 1.54) is 0 Å². The lowest BCUT2D eigenvalue weighted by molar-refractivity contribution is -0.128. The van der Waals surface area contributed by atoms with Crippen LogP contribution in [-0.4, -0.2) is 16.3 Å². The van der Waals surface area contributed by atoms with E-state index in [9.17, 15) is 10.2 Å². The summed E-state index contributed by atoms with van der Waals surface area (Å²) in [5.74, 6) is 1.48. The van der Waals surface area contributed by atoms with Crippen molar-refractivity contribution >= 4 is 0 Å². The molecular formula is C15H22O3. The number of furan rings is 1. The summed E-state index contributed by atoms with van der Waals surface area (Å²) in [5, 5.41) is 20.9. The molecule has 0 radical (unpaired) electrons. The van der Waals surface area contributed by atoms with Gasteiger partial charge in [-0.15, -0.1) is 0 Å². The van der Waals surface area contributed by atoms with Crippen molar-refractivity contribution in [1.82, 2.24) is 0 Å². The van der Waals surface area contributed by atoms with Crippen molar-refractivity contribution in [3.05, 3.63) is 23.2 Å². The Morgan fingerprint density at radius 3 is 2.78 bits per heavy atom. The second kappa shape index (κ2) is 3.84. The van der Waals surface area contributed by atoms with Crippen LogP contribution in [0.4, 0.5) is 0 Å². The van der Waals surface area contributed by atoms with Gasteiger partial charge in [-0.3, -0.25) is 0 Å². The number of aliphatic hydroxyl groups excluding tert-OH is 2. The molecule has 3 rings (SSSR count). The molecule has 1 fully saturated rings. The van der Waals surface area contributed by atoms with Gasteiger partial charge in [0.25, 0.3) is 0 Å². The summed E-state index contributed by atoms with van der Waals surface area (Å²) in [7, 11) is 0. The second-order valence-corrected chi connectivity index (χ2v) is 6.36. The zero-order valence-electron chi connectivity index (χ0n) is 11.3. The molecule has 100 valence electrons. The summed E-state index contributed by atoms with van der Waals surface area (Å²) < 4.78 is 5.59. The highest BCUT2D eigenvalue weighted by Gasteiger charge is 2.54. The molecule has 2 aliphatic rings. The topological polar surface area (TPSA) is 53.6 Å². The Morgan fingerprint density at radius 2 is 2.06 bits per heavy atom. The normalized spacial score (nSPS) is 43.4. The molecule has 1 aromatic rings. The Bertz CT molecular complexity index is 464. The van der Waals surface area contributed by atoms with Crippen LogP contribution in [0.15, 0.2) is 10.7 Å². The van der Waals surface area contributed by atoms with Crippen LogP contribution in [0, 0.1) is 24.2 Å². The maximum absolute atomic E-state index is 10.8. The average Bonchev–Trinajstić information content (AvgIpc) is 2.70. The molecule has 0 amide bonds. The minimum absolute atomic E-state index is 0.119. The Labute approximate surface area is 108 Å². The van der Waals surface area contributed by atoms with Gasteiger partial charge in [0, 0.05) is 17.4 Å². The highest BCUT2D eigenvalue weighted by atomic mass is 16.3. The van der Waals surface area contributed by atoms with E-state index >= 15 is 0 Å². The number of hydrogen-bond donors (Lipinski definition) is 2. The first-order chi connectivity index (χ1) is 8.46. The van der Waals surface area contributed by atoms with Crippen LogP contribution < -0.4 is 0 Å². The van der Waals surface area contributed by atoms with Gasteiger partial charge in [0.2, 0.25) is 0 Å². The molecule has 5 atom stereocenters. The van der Waals surface area contributed by atoms with Crippen molar-refractivity contribution in [2.75, 3.05) is 0 Å². The minimum Gasteiger partial charge on any atom is -0.469 e. The van der Waals surface area contributed by atoms with Crippen molar-refractivity contribution < 1.29 is 14.6 Å². The van der Waals surface area contributed by atoms with E-state index < -0.39 is 6.10 Å². The van der Waals surface area contributed by atoms with Gasteiger partial charge in [-0.05, 0) is 37.2 Å². The van der Waals surface area contributed by atoms with Gasteiger partial charge in [-0.25, -0.2) is 0 Å². The minimum atomic E-state index is -0.519. The Balaban J connectivity index is 2.09. The summed E-state index contributed by atoms with van der Waals surface area (Å²) in [5.41, 5.74) is 1.76. The van der Waals surface area contributed by atoms with Crippen molar-refractivity contribution in [3.8, 4) is 0 Å². The third-order valence-corrected chi connectivity index (χ3v) is 5.65. The number of aliphatic hydroxyl groups is 2. The number of hydrogen-bond acceptors (Lipinski definition) is 3. The monoisotopic (exact) mass is 250 g/mol. The molecule has 0 spiro atoms. The summed E-state index contributed by atoms with van der Waals surface area (Å²) in [6.07, 6.45) is 3.63. The zero-order chi connectivity index (χ0) is 13.1. The Morgan fingerprint density at radius 1 is 1.33 bits per heavy atom. The standard InChI is InChI=1S/C15H22O3/c1-8-7-18-12-6-10-4-5-11(16)9(2)15(10,3)14(17)13(8)12/h7,9-11,14,16-17H,4-6H2,1-3H3/t9-,10?,11-,14+,15+/m0/s1. The Kier molecular flexibility index (Phi) is 2.62. The quantitative estimate of drug-likeness (QED) is 0.744. The molecular weight excluding hydrogens is 228 g/mol. The molecule has 0 aromatic carbocycles. The lowest BCUT2D eigenvalue weighted by atomic mass is 9.53. The average molecular weight is 250 g/mol.